The zero-order chi connectivity index (χ0) is 19.4. The summed E-state index contributed by atoms with van der Waals surface area (Å²) >= 11 is 8.21. The molecule has 0 unspecified atom stereocenters. The van der Waals surface area contributed by atoms with Crippen molar-refractivity contribution in [3.05, 3.63) is 46.8 Å². The summed E-state index contributed by atoms with van der Waals surface area (Å²) in [6.45, 7) is 1.45. The van der Waals surface area contributed by atoms with Crippen LogP contribution in [0.2, 0.25) is 0 Å². The first-order chi connectivity index (χ1) is 12.9. The quantitative estimate of drug-likeness (QED) is 0.656. The highest BCUT2D eigenvalue weighted by atomic mass is 79.9. The number of hydrogen-bond acceptors (Lipinski definition) is 6. The first-order valence-corrected chi connectivity index (χ1v) is 10.6. The Morgan fingerprint density at radius 1 is 1.11 bits per heavy atom. The molecule has 27 heavy (non-hydrogen) atoms. The second-order valence-electron chi connectivity index (χ2n) is 5.55. The van der Waals surface area contributed by atoms with E-state index in [1.54, 1.807) is 18.2 Å². The Kier molecular flexibility index (Phi) is 6.27. The zero-order valence-electron chi connectivity index (χ0n) is 14.0. The van der Waals surface area contributed by atoms with E-state index in [9.17, 15) is 13.2 Å². The molecule has 0 atom stereocenters. The largest absolute Gasteiger partial charge is 0.444 e. The van der Waals surface area contributed by atoms with Crippen molar-refractivity contribution in [2.24, 2.45) is 0 Å². The minimum atomic E-state index is -3.55. The van der Waals surface area contributed by atoms with E-state index in [1.807, 2.05) is 0 Å². The number of carbonyl (C=O) groups excluding carboxylic acids is 1. The number of nitrogens with one attached hydrogen (secondary N) is 2. The molecule has 0 bridgehead atoms. The summed E-state index contributed by atoms with van der Waals surface area (Å²) in [5.41, 5.74) is 0.543. The van der Waals surface area contributed by atoms with Crippen LogP contribution >= 0.6 is 28.1 Å². The van der Waals surface area contributed by atoms with Crippen molar-refractivity contribution >= 4 is 54.9 Å². The van der Waals surface area contributed by atoms with Crippen molar-refractivity contribution in [3.63, 3.8) is 0 Å². The van der Waals surface area contributed by atoms with Crippen LogP contribution in [0, 0.1) is 0 Å². The van der Waals surface area contributed by atoms with Crippen LogP contribution in [0.25, 0.3) is 0 Å². The smallest absolute Gasteiger partial charge is 0.293 e. The van der Waals surface area contributed by atoms with Crippen molar-refractivity contribution in [1.82, 2.24) is 9.62 Å². The summed E-state index contributed by atoms with van der Waals surface area (Å²) < 4.78 is 37.3. The van der Waals surface area contributed by atoms with Gasteiger partial charge < -0.3 is 14.5 Å². The zero-order valence-corrected chi connectivity index (χ0v) is 17.2. The molecule has 3 rings (SSSR count). The molecule has 2 heterocycles. The molecule has 1 aromatic heterocycles. The Balaban J connectivity index is 1.61. The molecule has 2 aromatic rings. The summed E-state index contributed by atoms with van der Waals surface area (Å²) in [5.74, 6) is -0.386. The molecule has 1 aliphatic rings. The molecule has 144 valence electrons. The van der Waals surface area contributed by atoms with Crippen LogP contribution in [0.4, 0.5) is 5.69 Å². The van der Waals surface area contributed by atoms with Crippen LogP contribution in [0.5, 0.6) is 0 Å². The maximum absolute atomic E-state index is 12.6. The second-order valence-corrected chi connectivity index (χ2v) is 8.68. The Bertz CT molecular complexity index is 937. The molecule has 1 aliphatic heterocycles. The minimum Gasteiger partial charge on any atom is -0.444 e. The molecule has 0 saturated carbocycles. The van der Waals surface area contributed by atoms with Gasteiger partial charge in [0, 0.05) is 18.8 Å². The lowest BCUT2D eigenvalue weighted by Crippen LogP contribution is -2.40. The van der Waals surface area contributed by atoms with Gasteiger partial charge in [0.1, 0.15) is 0 Å². The number of halogens is 1. The Morgan fingerprint density at radius 2 is 1.78 bits per heavy atom. The molecule has 0 aliphatic carbocycles. The molecule has 1 aromatic carbocycles. The summed E-state index contributed by atoms with van der Waals surface area (Å²) in [6, 6.07) is 9.24. The fourth-order valence-electron chi connectivity index (χ4n) is 2.41. The van der Waals surface area contributed by atoms with Crippen molar-refractivity contribution in [2.45, 2.75) is 4.90 Å². The van der Waals surface area contributed by atoms with Gasteiger partial charge in [0.05, 0.1) is 18.1 Å². The van der Waals surface area contributed by atoms with Crippen LogP contribution in [0.1, 0.15) is 10.6 Å². The van der Waals surface area contributed by atoms with E-state index in [0.717, 1.165) is 0 Å². The number of anilines is 1. The second kappa shape index (κ2) is 8.48. The molecule has 8 nitrogen and oxygen atoms in total. The number of hydrogen-bond donors (Lipinski definition) is 2. The van der Waals surface area contributed by atoms with E-state index in [2.05, 4.69) is 26.6 Å². The van der Waals surface area contributed by atoms with E-state index in [1.165, 1.54) is 22.5 Å². The Morgan fingerprint density at radius 3 is 2.37 bits per heavy atom. The predicted octanol–water partition coefficient (Wildman–Crippen LogP) is 2.19. The third kappa shape index (κ3) is 4.93. The van der Waals surface area contributed by atoms with E-state index in [0.29, 0.717) is 36.7 Å². The van der Waals surface area contributed by atoms with Gasteiger partial charge in [-0.2, -0.15) is 4.31 Å². The van der Waals surface area contributed by atoms with Gasteiger partial charge in [0.25, 0.3) is 5.91 Å². The van der Waals surface area contributed by atoms with E-state index in [-0.39, 0.29) is 15.8 Å². The number of sulfonamides is 1. The fraction of sp³-hybridized carbons (Fsp3) is 0.250. The van der Waals surface area contributed by atoms with Gasteiger partial charge in [0.15, 0.2) is 15.5 Å². The highest BCUT2D eigenvalue weighted by molar-refractivity contribution is 9.10. The number of benzene rings is 1. The van der Waals surface area contributed by atoms with Crippen molar-refractivity contribution in [2.75, 3.05) is 31.6 Å². The first-order valence-electron chi connectivity index (χ1n) is 7.92. The highest BCUT2D eigenvalue weighted by Crippen LogP contribution is 2.19. The molecule has 0 spiro atoms. The lowest BCUT2D eigenvalue weighted by Gasteiger charge is -2.26. The molecule has 0 radical (unpaired) electrons. The van der Waals surface area contributed by atoms with E-state index in [4.69, 9.17) is 21.4 Å². The van der Waals surface area contributed by atoms with Crippen LogP contribution in [-0.2, 0) is 14.8 Å². The first kappa shape index (κ1) is 20.0. The van der Waals surface area contributed by atoms with Gasteiger partial charge in [-0.1, -0.05) is 0 Å². The van der Waals surface area contributed by atoms with E-state index < -0.39 is 15.9 Å². The lowest BCUT2D eigenvalue weighted by atomic mass is 10.3. The molecule has 11 heteroatoms. The average Bonchev–Trinajstić information content (AvgIpc) is 3.09. The molecule has 1 fully saturated rings. The molecular weight excluding hydrogens is 458 g/mol. The van der Waals surface area contributed by atoms with Gasteiger partial charge in [-0.25, -0.2) is 8.42 Å². The molecule has 1 saturated heterocycles. The SMILES string of the molecule is O=C(NC(=S)Nc1ccc(S(=O)(=O)N2CCOCC2)cc1)c1ccc(Br)o1. The third-order valence-corrected chi connectivity index (χ3v) is 6.29. The number of ether oxygens (including phenoxy) is 1. The molecule has 2 N–H and O–H groups in total. The number of rotatable bonds is 4. The van der Waals surface area contributed by atoms with Gasteiger partial charge in [-0.3, -0.25) is 10.1 Å². The number of morpholine rings is 1. The topological polar surface area (TPSA) is 101 Å². The standard InChI is InChI=1S/C16H16BrN3O5S2/c17-14-6-5-13(25-14)15(21)19-16(26)18-11-1-3-12(4-2-11)27(22,23)20-7-9-24-10-8-20/h1-6H,7-10H2,(H2,18,19,21,26). The average molecular weight is 474 g/mol. The highest BCUT2D eigenvalue weighted by Gasteiger charge is 2.26. The molecule has 1 amide bonds. The number of thiocarbonyl (C=S) groups is 1. The maximum atomic E-state index is 12.6. The Hall–Kier alpha value is -1.79. The van der Waals surface area contributed by atoms with Crippen LogP contribution in [-0.4, -0.2) is 50.0 Å². The Labute approximate surface area is 170 Å². The third-order valence-electron chi connectivity index (χ3n) is 3.74. The van der Waals surface area contributed by atoms with Crippen molar-refractivity contribution in [3.8, 4) is 0 Å². The monoisotopic (exact) mass is 473 g/mol. The van der Waals surface area contributed by atoms with Gasteiger partial charge in [-0.15, -0.1) is 0 Å². The van der Waals surface area contributed by atoms with Crippen LogP contribution in [0.15, 0.2) is 50.4 Å². The number of nitrogens with zero attached hydrogens (tertiary/aromatic N) is 1. The van der Waals surface area contributed by atoms with Gasteiger partial charge in [0.2, 0.25) is 10.0 Å². The summed E-state index contributed by atoms with van der Waals surface area (Å²) in [5, 5.41) is 5.37. The minimum absolute atomic E-state index is 0.0660. The summed E-state index contributed by atoms with van der Waals surface area (Å²) in [6.07, 6.45) is 0. The normalized spacial score (nSPS) is 15.3. The maximum Gasteiger partial charge on any atom is 0.293 e. The predicted molar refractivity (Wildman–Crippen MR) is 106 cm³/mol. The van der Waals surface area contributed by atoms with Gasteiger partial charge in [-0.05, 0) is 64.5 Å². The van der Waals surface area contributed by atoms with Crippen LogP contribution < -0.4 is 10.6 Å². The van der Waals surface area contributed by atoms with Crippen molar-refractivity contribution < 1.29 is 22.4 Å². The summed E-state index contributed by atoms with van der Waals surface area (Å²) in [7, 11) is -3.55. The van der Waals surface area contributed by atoms with Crippen LogP contribution in [0.3, 0.4) is 0 Å². The summed E-state index contributed by atoms with van der Waals surface area (Å²) in [4.78, 5) is 12.2. The number of amides is 1. The lowest BCUT2D eigenvalue weighted by molar-refractivity contribution is 0.0730. The van der Waals surface area contributed by atoms with Crippen molar-refractivity contribution in [1.29, 1.82) is 0 Å². The van der Waals surface area contributed by atoms with Gasteiger partial charge >= 0.3 is 0 Å². The fourth-order valence-corrected chi connectivity index (χ4v) is 4.33. The number of carbonyl (C=O) groups is 1. The van der Waals surface area contributed by atoms with E-state index >= 15 is 0 Å². The molecular formula is C16H16BrN3O5S2. The number of furan rings is 1.